The van der Waals surface area contributed by atoms with E-state index in [9.17, 15) is 18.0 Å². The Bertz CT molecular complexity index is 1630. The summed E-state index contributed by atoms with van der Waals surface area (Å²) in [4.78, 5) is 29.1. The van der Waals surface area contributed by atoms with Gasteiger partial charge in [0.05, 0.1) is 10.6 Å². The van der Waals surface area contributed by atoms with Gasteiger partial charge in [0, 0.05) is 25.0 Å². The van der Waals surface area contributed by atoms with Gasteiger partial charge in [0.1, 0.15) is 12.6 Å². The maximum absolute atomic E-state index is 14.3. The second-order valence-corrected chi connectivity index (χ2v) is 12.4. The molecule has 0 radical (unpaired) electrons. The van der Waals surface area contributed by atoms with Gasteiger partial charge in [-0.2, -0.15) is 0 Å². The zero-order valence-corrected chi connectivity index (χ0v) is 25.4. The minimum Gasteiger partial charge on any atom is -0.357 e. The average molecular weight is 604 g/mol. The lowest BCUT2D eigenvalue weighted by molar-refractivity contribution is -0.139. The molecule has 0 heterocycles. The molecular weight excluding hydrogens is 570 g/mol. The summed E-state index contributed by atoms with van der Waals surface area (Å²) in [5.41, 5.74) is 3.50. The van der Waals surface area contributed by atoms with Crippen molar-refractivity contribution in [2.45, 2.75) is 37.8 Å². The molecule has 9 heteroatoms. The van der Waals surface area contributed by atoms with E-state index in [1.54, 1.807) is 37.3 Å². The van der Waals surface area contributed by atoms with Crippen LogP contribution in [-0.2, 0) is 32.6 Å². The van der Waals surface area contributed by atoms with Gasteiger partial charge in [0.2, 0.25) is 11.8 Å². The van der Waals surface area contributed by atoms with Crippen LogP contribution < -0.4 is 9.62 Å². The van der Waals surface area contributed by atoms with Gasteiger partial charge in [-0.05, 0) is 60.9 Å². The van der Waals surface area contributed by atoms with E-state index >= 15 is 0 Å². The molecule has 4 aromatic rings. The van der Waals surface area contributed by atoms with Crippen LogP contribution in [0.25, 0.3) is 0 Å². The second kappa shape index (κ2) is 13.7. The molecule has 1 N–H and O–H groups in total. The summed E-state index contributed by atoms with van der Waals surface area (Å²) in [6, 6.07) is 29.2. The number of rotatable bonds is 11. The van der Waals surface area contributed by atoms with Crippen molar-refractivity contribution in [2.75, 3.05) is 17.9 Å². The van der Waals surface area contributed by atoms with Crippen molar-refractivity contribution in [1.29, 1.82) is 0 Å². The zero-order valence-electron chi connectivity index (χ0n) is 23.8. The summed E-state index contributed by atoms with van der Waals surface area (Å²) in [7, 11) is -2.65. The van der Waals surface area contributed by atoms with Crippen LogP contribution in [0.1, 0.15) is 22.3 Å². The summed E-state index contributed by atoms with van der Waals surface area (Å²) >= 11 is 6.20. The molecule has 0 saturated heterocycles. The summed E-state index contributed by atoms with van der Waals surface area (Å²) in [5.74, 6) is -0.868. The Morgan fingerprint density at radius 3 is 2.00 bits per heavy atom. The molecule has 0 saturated carbocycles. The highest BCUT2D eigenvalue weighted by Gasteiger charge is 2.34. The zero-order chi connectivity index (χ0) is 30.3. The normalized spacial score (nSPS) is 11.9. The van der Waals surface area contributed by atoms with Crippen LogP contribution in [0.4, 0.5) is 5.69 Å². The summed E-state index contributed by atoms with van der Waals surface area (Å²) in [6.45, 7) is 3.21. The highest BCUT2D eigenvalue weighted by molar-refractivity contribution is 7.92. The molecule has 4 rings (SSSR count). The van der Waals surface area contributed by atoms with Crippen molar-refractivity contribution in [3.63, 3.8) is 0 Å². The molecule has 0 fully saturated rings. The third-order valence-corrected chi connectivity index (χ3v) is 9.04. The number of anilines is 1. The van der Waals surface area contributed by atoms with Gasteiger partial charge < -0.3 is 10.2 Å². The van der Waals surface area contributed by atoms with Gasteiger partial charge in [-0.3, -0.25) is 13.9 Å². The monoisotopic (exact) mass is 603 g/mol. The molecule has 218 valence electrons. The standard InChI is InChI=1S/C33H34ClN3O4S/c1-24-14-17-29(18-15-24)42(40,41)37(30-19-16-28(34)20-25(30)2)23-32(38)36(22-27-12-8-5-9-13-27)31(33(39)35-3)21-26-10-6-4-7-11-26/h4-20,31H,21-23H2,1-3H3,(H,35,39)/t31-/m1/s1. The Labute approximate surface area is 252 Å². The van der Waals surface area contributed by atoms with Crippen molar-refractivity contribution < 1.29 is 18.0 Å². The predicted molar refractivity (Wildman–Crippen MR) is 167 cm³/mol. The number of carbonyl (C=O) groups is 2. The average Bonchev–Trinajstić information content (AvgIpc) is 2.98. The number of benzene rings is 4. The second-order valence-electron chi connectivity index (χ2n) is 10.1. The van der Waals surface area contributed by atoms with Crippen LogP contribution in [0.5, 0.6) is 0 Å². The molecule has 42 heavy (non-hydrogen) atoms. The summed E-state index contributed by atoms with van der Waals surface area (Å²) in [6.07, 6.45) is 0.254. The Kier molecular flexibility index (Phi) is 10.0. The van der Waals surface area contributed by atoms with Gasteiger partial charge in [0.15, 0.2) is 0 Å². The molecule has 4 aromatic carbocycles. The number of nitrogens with zero attached hydrogens (tertiary/aromatic N) is 2. The lowest BCUT2D eigenvalue weighted by atomic mass is 10.0. The molecule has 0 bridgehead atoms. The fraction of sp³-hybridized carbons (Fsp3) is 0.212. The highest BCUT2D eigenvalue weighted by atomic mass is 35.5. The Morgan fingerprint density at radius 2 is 1.43 bits per heavy atom. The van der Waals surface area contributed by atoms with E-state index in [1.165, 1.54) is 24.1 Å². The van der Waals surface area contributed by atoms with Gasteiger partial charge in [-0.15, -0.1) is 0 Å². The first-order valence-corrected chi connectivity index (χ1v) is 15.4. The topological polar surface area (TPSA) is 86.8 Å². The first-order chi connectivity index (χ1) is 20.1. The first kappa shape index (κ1) is 30.8. The molecule has 2 amide bonds. The fourth-order valence-electron chi connectivity index (χ4n) is 4.75. The van der Waals surface area contributed by atoms with E-state index in [-0.39, 0.29) is 23.8 Å². The lowest BCUT2D eigenvalue weighted by Crippen LogP contribution is -2.53. The minimum absolute atomic E-state index is 0.0528. The van der Waals surface area contributed by atoms with Crippen LogP contribution in [0.3, 0.4) is 0 Å². The van der Waals surface area contributed by atoms with Crippen LogP contribution in [-0.4, -0.2) is 44.8 Å². The highest BCUT2D eigenvalue weighted by Crippen LogP contribution is 2.30. The van der Waals surface area contributed by atoms with Crippen LogP contribution in [0.15, 0.2) is 108 Å². The lowest BCUT2D eigenvalue weighted by Gasteiger charge is -2.34. The number of sulfonamides is 1. The number of halogens is 1. The van der Waals surface area contributed by atoms with E-state index in [0.29, 0.717) is 16.3 Å². The Hall–Kier alpha value is -4.14. The summed E-state index contributed by atoms with van der Waals surface area (Å²) < 4.78 is 29.3. The molecule has 0 spiro atoms. The van der Waals surface area contributed by atoms with Crippen molar-refractivity contribution in [2.24, 2.45) is 0 Å². The first-order valence-electron chi connectivity index (χ1n) is 13.5. The maximum Gasteiger partial charge on any atom is 0.264 e. The third-order valence-electron chi connectivity index (χ3n) is 7.03. The predicted octanol–water partition coefficient (Wildman–Crippen LogP) is 5.54. The van der Waals surface area contributed by atoms with Gasteiger partial charge in [-0.1, -0.05) is 90.0 Å². The minimum atomic E-state index is -4.18. The van der Waals surface area contributed by atoms with E-state index < -0.39 is 28.5 Å². The van der Waals surface area contributed by atoms with Gasteiger partial charge in [0.25, 0.3) is 10.0 Å². The number of likely N-dealkylation sites (N-methyl/N-ethyl adjacent to an activating group) is 1. The van der Waals surface area contributed by atoms with Crippen LogP contribution in [0.2, 0.25) is 5.02 Å². The number of nitrogens with one attached hydrogen (secondary N) is 1. The smallest absolute Gasteiger partial charge is 0.264 e. The van der Waals surface area contributed by atoms with E-state index in [4.69, 9.17) is 11.6 Å². The molecule has 1 atom stereocenters. The van der Waals surface area contributed by atoms with E-state index in [0.717, 1.165) is 21.0 Å². The van der Waals surface area contributed by atoms with Crippen molar-refractivity contribution >= 4 is 39.1 Å². The van der Waals surface area contributed by atoms with Gasteiger partial charge >= 0.3 is 0 Å². The van der Waals surface area contributed by atoms with Gasteiger partial charge in [-0.25, -0.2) is 8.42 Å². The number of amides is 2. The molecule has 0 unspecified atom stereocenters. The number of carbonyl (C=O) groups excluding carboxylic acids is 2. The SMILES string of the molecule is CNC(=O)[C@@H](Cc1ccccc1)N(Cc1ccccc1)C(=O)CN(c1ccc(Cl)cc1C)S(=O)(=O)c1ccc(C)cc1. The molecule has 0 aromatic heterocycles. The molecule has 0 aliphatic carbocycles. The maximum atomic E-state index is 14.3. The van der Waals surface area contributed by atoms with Crippen LogP contribution >= 0.6 is 11.6 Å². The van der Waals surface area contributed by atoms with E-state index in [1.807, 2.05) is 67.6 Å². The summed E-state index contributed by atoms with van der Waals surface area (Å²) in [5, 5.41) is 3.14. The van der Waals surface area contributed by atoms with Crippen molar-refractivity contribution in [3.05, 3.63) is 130 Å². The Morgan fingerprint density at radius 1 is 0.833 bits per heavy atom. The van der Waals surface area contributed by atoms with Crippen LogP contribution in [0, 0.1) is 13.8 Å². The number of hydrogen-bond acceptors (Lipinski definition) is 4. The van der Waals surface area contributed by atoms with Crippen molar-refractivity contribution in [3.8, 4) is 0 Å². The molecule has 0 aliphatic heterocycles. The number of hydrogen-bond donors (Lipinski definition) is 1. The number of aryl methyl sites for hydroxylation is 2. The molecule has 0 aliphatic rings. The molecular formula is C33H34ClN3O4S. The third kappa shape index (κ3) is 7.38. The quantitative estimate of drug-likeness (QED) is 0.244. The largest absolute Gasteiger partial charge is 0.357 e. The molecule has 7 nitrogen and oxygen atoms in total. The Balaban J connectivity index is 1.80. The van der Waals surface area contributed by atoms with Crippen molar-refractivity contribution in [1.82, 2.24) is 10.2 Å². The fourth-order valence-corrected chi connectivity index (χ4v) is 6.46. The van der Waals surface area contributed by atoms with E-state index in [2.05, 4.69) is 5.32 Å².